The first-order chi connectivity index (χ1) is 10.7. The second kappa shape index (κ2) is 4.74. The molecule has 0 N–H and O–H groups in total. The van der Waals surface area contributed by atoms with Crippen molar-refractivity contribution >= 4 is 23.1 Å². The van der Waals surface area contributed by atoms with Crippen molar-refractivity contribution < 1.29 is 0 Å². The van der Waals surface area contributed by atoms with E-state index in [2.05, 4.69) is 97.3 Å². The first kappa shape index (κ1) is 13.1. The highest BCUT2D eigenvalue weighted by atomic mass is 15.0. The first-order valence-corrected chi connectivity index (χ1v) is 7.73. The normalized spacial score (nSPS) is 15.7. The largest absolute Gasteiger partial charge is 0.309 e. The lowest BCUT2D eigenvalue weighted by Gasteiger charge is -2.13. The smallest absolute Gasteiger partial charge is 0.0541 e. The van der Waals surface area contributed by atoms with Gasteiger partial charge in [0.05, 0.1) is 11.2 Å². The third-order valence-corrected chi connectivity index (χ3v) is 4.32. The average molecular weight is 285 g/mol. The number of hydrogen-bond donors (Lipinski definition) is 0. The van der Waals surface area contributed by atoms with Crippen LogP contribution in [0.15, 0.2) is 66.7 Å². The molecule has 1 aromatic heterocycles. The minimum absolute atomic E-state index is 0.0850. The van der Waals surface area contributed by atoms with Gasteiger partial charge in [-0.1, -0.05) is 68.5 Å². The fourth-order valence-electron chi connectivity index (χ4n) is 3.13. The van der Waals surface area contributed by atoms with Crippen LogP contribution in [0.1, 0.15) is 25.1 Å². The van der Waals surface area contributed by atoms with Gasteiger partial charge in [-0.15, -0.1) is 0 Å². The summed E-state index contributed by atoms with van der Waals surface area (Å²) in [6, 6.07) is 19.2. The highest BCUT2D eigenvalue weighted by Gasteiger charge is 2.19. The Morgan fingerprint density at radius 2 is 1.45 bits per heavy atom. The van der Waals surface area contributed by atoms with Gasteiger partial charge in [-0.25, -0.2) is 0 Å². The van der Waals surface area contributed by atoms with Gasteiger partial charge in [0, 0.05) is 22.1 Å². The van der Waals surface area contributed by atoms with Crippen LogP contribution in [0, 0.1) is 5.41 Å². The molecule has 1 nitrogen and oxygen atoms in total. The molecule has 1 heterocycles. The average Bonchev–Trinajstić information content (AvgIpc) is 2.76. The maximum Gasteiger partial charge on any atom is 0.0541 e. The summed E-state index contributed by atoms with van der Waals surface area (Å²) in [6.45, 7) is 4.47. The van der Waals surface area contributed by atoms with Crippen LogP contribution in [0.2, 0.25) is 0 Å². The molecule has 1 aliphatic carbocycles. The fraction of sp³-hybridized carbons (Fsp3) is 0.143. The molecule has 0 atom stereocenters. The number of aromatic nitrogens is 1. The molecule has 108 valence electrons. The molecule has 0 fully saturated rings. The van der Waals surface area contributed by atoms with Crippen LogP contribution < -0.4 is 0 Å². The second-order valence-corrected chi connectivity index (χ2v) is 6.48. The van der Waals surface area contributed by atoms with Gasteiger partial charge in [0.15, 0.2) is 0 Å². The van der Waals surface area contributed by atoms with E-state index in [-0.39, 0.29) is 5.41 Å². The SMILES string of the molecule is CC1(C)C=Cc2c(n(-c3ccccc3)c3ccccc23)C=C1. The molecule has 22 heavy (non-hydrogen) atoms. The molecular formula is C21H19N. The summed E-state index contributed by atoms with van der Waals surface area (Å²) in [4.78, 5) is 0. The number of allylic oxidation sites excluding steroid dienone is 2. The Bertz CT molecular complexity index is 892. The van der Waals surface area contributed by atoms with Gasteiger partial charge in [0.1, 0.15) is 0 Å². The van der Waals surface area contributed by atoms with E-state index in [0.29, 0.717) is 0 Å². The lowest BCUT2D eigenvalue weighted by molar-refractivity contribution is 0.633. The quantitative estimate of drug-likeness (QED) is 0.540. The van der Waals surface area contributed by atoms with E-state index >= 15 is 0 Å². The Balaban J connectivity index is 2.10. The maximum atomic E-state index is 2.35. The highest BCUT2D eigenvalue weighted by Crippen LogP contribution is 2.35. The summed E-state index contributed by atoms with van der Waals surface area (Å²) in [6.07, 6.45) is 9.12. The molecule has 0 unspecified atom stereocenters. The minimum Gasteiger partial charge on any atom is -0.309 e. The summed E-state index contributed by atoms with van der Waals surface area (Å²) >= 11 is 0. The molecule has 2 aromatic carbocycles. The fourth-order valence-corrected chi connectivity index (χ4v) is 3.13. The van der Waals surface area contributed by atoms with Crippen LogP contribution in [0.25, 0.3) is 28.7 Å². The number of benzene rings is 2. The van der Waals surface area contributed by atoms with E-state index < -0.39 is 0 Å². The Hall–Kier alpha value is -2.54. The third-order valence-electron chi connectivity index (χ3n) is 4.32. The van der Waals surface area contributed by atoms with Gasteiger partial charge < -0.3 is 4.57 Å². The van der Waals surface area contributed by atoms with Crippen LogP contribution in [0.5, 0.6) is 0 Å². The molecule has 0 bridgehead atoms. The number of rotatable bonds is 1. The van der Waals surface area contributed by atoms with Crippen LogP contribution in [0.4, 0.5) is 0 Å². The van der Waals surface area contributed by atoms with Crippen molar-refractivity contribution in [3.8, 4) is 5.69 Å². The molecule has 0 amide bonds. The standard InChI is InChI=1S/C21H19N/c1-21(2)14-12-18-17-10-6-7-11-19(17)22(20(18)13-15-21)16-8-4-3-5-9-16/h3-15H,1-2H3. The molecule has 4 rings (SSSR count). The molecular weight excluding hydrogens is 266 g/mol. The Morgan fingerprint density at radius 1 is 0.773 bits per heavy atom. The zero-order valence-corrected chi connectivity index (χ0v) is 13.0. The summed E-state index contributed by atoms with van der Waals surface area (Å²) in [5, 5.41) is 1.31. The maximum absolute atomic E-state index is 2.35. The van der Waals surface area contributed by atoms with Gasteiger partial charge in [0.2, 0.25) is 0 Å². The Kier molecular flexibility index (Phi) is 2.83. The van der Waals surface area contributed by atoms with E-state index in [9.17, 15) is 0 Å². The Morgan fingerprint density at radius 3 is 2.27 bits per heavy atom. The third kappa shape index (κ3) is 2.01. The topological polar surface area (TPSA) is 4.93 Å². The molecule has 1 heteroatoms. The van der Waals surface area contributed by atoms with Crippen LogP contribution >= 0.6 is 0 Å². The van der Waals surface area contributed by atoms with E-state index in [4.69, 9.17) is 0 Å². The van der Waals surface area contributed by atoms with Gasteiger partial charge >= 0.3 is 0 Å². The number of fused-ring (bicyclic) bond motifs is 3. The van der Waals surface area contributed by atoms with Crippen molar-refractivity contribution in [2.24, 2.45) is 5.41 Å². The summed E-state index contributed by atoms with van der Waals surface area (Å²) in [5.41, 5.74) is 5.11. The molecule has 0 radical (unpaired) electrons. The van der Waals surface area contributed by atoms with Crippen molar-refractivity contribution in [1.82, 2.24) is 4.57 Å². The first-order valence-electron chi connectivity index (χ1n) is 7.73. The van der Waals surface area contributed by atoms with Gasteiger partial charge in [0.25, 0.3) is 0 Å². The van der Waals surface area contributed by atoms with Gasteiger partial charge in [-0.2, -0.15) is 0 Å². The Labute approximate surface area is 131 Å². The van der Waals surface area contributed by atoms with Crippen molar-refractivity contribution in [2.45, 2.75) is 13.8 Å². The zero-order valence-electron chi connectivity index (χ0n) is 13.0. The second-order valence-electron chi connectivity index (χ2n) is 6.48. The van der Waals surface area contributed by atoms with Crippen LogP contribution in [-0.2, 0) is 0 Å². The number of para-hydroxylation sites is 2. The molecule has 0 saturated carbocycles. The van der Waals surface area contributed by atoms with Crippen molar-refractivity contribution in [3.05, 3.63) is 78.0 Å². The molecule has 0 saturated heterocycles. The number of nitrogens with zero attached hydrogens (tertiary/aromatic N) is 1. The predicted octanol–water partition coefficient (Wildman–Crippen LogP) is 5.70. The monoisotopic (exact) mass is 285 g/mol. The van der Waals surface area contributed by atoms with E-state index in [1.807, 2.05) is 0 Å². The summed E-state index contributed by atoms with van der Waals surface area (Å²) in [5.74, 6) is 0. The molecule has 0 spiro atoms. The van der Waals surface area contributed by atoms with Crippen molar-refractivity contribution in [1.29, 1.82) is 0 Å². The molecule has 3 aromatic rings. The number of hydrogen-bond acceptors (Lipinski definition) is 0. The molecule has 0 aliphatic heterocycles. The van der Waals surface area contributed by atoms with Gasteiger partial charge in [-0.05, 0) is 24.3 Å². The van der Waals surface area contributed by atoms with Crippen LogP contribution in [0.3, 0.4) is 0 Å². The van der Waals surface area contributed by atoms with Crippen molar-refractivity contribution in [3.63, 3.8) is 0 Å². The van der Waals surface area contributed by atoms with E-state index in [1.54, 1.807) is 0 Å². The zero-order chi connectivity index (χ0) is 15.2. The van der Waals surface area contributed by atoms with E-state index in [1.165, 1.54) is 27.8 Å². The van der Waals surface area contributed by atoms with Crippen molar-refractivity contribution in [2.75, 3.05) is 0 Å². The molecule has 1 aliphatic rings. The van der Waals surface area contributed by atoms with Crippen LogP contribution in [-0.4, -0.2) is 4.57 Å². The van der Waals surface area contributed by atoms with Gasteiger partial charge in [-0.3, -0.25) is 0 Å². The lowest BCUT2D eigenvalue weighted by atomic mass is 9.93. The minimum atomic E-state index is 0.0850. The highest BCUT2D eigenvalue weighted by molar-refractivity contribution is 5.96. The predicted molar refractivity (Wildman–Crippen MR) is 95.1 cm³/mol. The summed E-state index contributed by atoms with van der Waals surface area (Å²) < 4.78 is 2.35. The van der Waals surface area contributed by atoms with E-state index in [0.717, 1.165) is 0 Å². The summed E-state index contributed by atoms with van der Waals surface area (Å²) in [7, 11) is 0. The lowest BCUT2D eigenvalue weighted by Crippen LogP contribution is -2.01.